The first kappa shape index (κ1) is 111. The number of halogens is 7. The highest BCUT2D eigenvalue weighted by atomic mass is 35.5. The first-order chi connectivity index (χ1) is 52.7. The predicted octanol–water partition coefficient (Wildman–Crippen LogP) is 22.3. The summed E-state index contributed by atoms with van der Waals surface area (Å²) in [7, 11) is -19.2. The van der Waals surface area contributed by atoms with E-state index in [-0.39, 0.29) is 47.9 Å². The normalized spacial score (nSPS) is 13.1. The molecule has 6 aromatic rings. The van der Waals surface area contributed by atoms with E-state index < -0.39 is 115 Å². The summed E-state index contributed by atoms with van der Waals surface area (Å²) >= 11 is 24.4. The first-order valence-electron chi connectivity index (χ1n) is 38.6. The average molecular weight is 1850 g/mol. The monoisotopic (exact) mass is 1850 g/mol. The van der Waals surface area contributed by atoms with Crippen molar-refractivity contribution in [1.29, 1.82) is 0 Å². The van der Waals surface area contributed by atoms with Crippen molar-refractivity contribution < 1.29 is 73.2 Å². The molecule has 0 heterocycles. The van der Waals surface area contributed by atoms with Crippen LogP contribution in [0.5, 0.6) is 11.5 Å². The molecule has 0 aromatic heterocycles. The van der Waals surface area contributed by atoms with Crippen molar-refractivity contribution in [2.24, 2.45) is 0 Å². The van der Waals surface area contributed by atoms with Crippen LogP contribution in [0.4, 0.5) is 13.2 Å². The summed E-state index contributed by atoms with van der Waals surface area (Å²) in [6.45, 7) is 61.4. The van der Waals surface area contributed by atoms with Crippen molar-refractivity contribution in [2.45, 2.75) is 339 Å². The number of alkyl halides is 3. The SMILES string of the molecule is CC(C)c1ccc(S(=O)(=O)NC(C)(C)C)c(C(F)(F)F)c1Cl.CC(C)c1ccc(S(=O)(=O)NC(C)(C)C)c(Cl)c1Cl.CCC(C)(C)NS(=O)(=O)c1ccc(C(C)C)c(Cl)c1C.COc1cc(C(C)C)ccc1S(=O)(=O)NC(C)(C)C.COc1cc(C(C)C)ccc1S(=O)(=O)NC(C)(C)C.Cc1c(C(C)C)ccc(S(=O)(=O)NC(C)(C)C)c1C. The molecule has 0 radical (unpaired) electrons. The molecule has 0 bridgehead atoms. The molecule has 6 rings (SSSR count). The molecule has 0 aliphatic heterocycles. The van der Waals surface area contributed by atoms with Crippen LogP contribution in [-0.4, -0.2) is 98.0 Å². The molecule has 6 N–H and O–H groups in total. The highest BCUT2D eigenvalue weighted by Crippen LogP contribution is 2.44. The lowest BCUT2D eigenvalue weighted by atomic mass is 9.95. The molecular formula is C85H133Cl4F3N6O14S6. The lowest BCUT2D eigenvalue weighted by molar-refractivity contribution is -0.139. The Morgan fingerprint density at radius 3 is 0.864 bits per heavy atom. The van der Waals surface area contributed by atoms with E-state index in [2.05, 4.69) is 69.9 Å². The van der Waals surface area contributed by atoms with E-state index in [1.54, 1.807) is 152 Å². The highest BCUT2D eigenvalue weighted by molar-refractivity contribution is 7.91. The first-order valence-corrected chi connectivity index (χ1v) is 49.0. The van der Waals surface area contributed by atoms with Crippen LogP contribution >= 0.6 is 46.4 Å². The Kier molecular flexibility index (Phi) is 40.4. The maximum atomic E-state index is 13.3. The van der Waals surface area contributed by atoms with E-state index >= 15 is 0 Å². The van der Waals surface area contributed by atoms with Gasteiger partial charge in [0.05, 0.1) is 49.5 Å². The fourth-order valence-corrected chi connectivity index (χ4v) is 22.8. The second kappa shape index (κ2) is 42.8. The summed E-state index contributed by atoms with van der Waals surface area (Å²) in [6.07, 6.45) is -4.16. The van der Waals surface area contributed by atoms with E-state index in [1.807, 2.05) is 101 Å². The Labute approximate surface area is 727 Å². The van der Waals surface area contributed by atoms with E-state index in [1.165, 1.54) is 31.9 Å². The molecule has 672 valence electrons. The molecule has 0 spiro atoms. The van der Waals surface area contributed by atoms with Gasteiger partial charge in [0.25, 0.3) is 0 Å². The molecule has 118 heavy (non-hydrogen) atoms. The van der Waals surface area contributed by atoms with Crippen LogP contribution in [0.15, 0.2) is 114 Å². The smallest absolute Gasteiger partial charge is 0.419 e. The molecule has 0 amide bonds. The minimum Gasteiger partial charge on any atom is -0.495 e. The molecule has 0 unspecified atom stereocenters. The zero-order chi connectivity index (χ0) is 92.9. The summed E-state index contributed by atoms with van der Waals surface area (Å²) in [6, 6.07) is 23.0. The van der Waals surface area contributed by atoms with Crippen LogP contribution in [0.1, 0.15) is 305 Å². The summed E-state index contributed by atoms with van der Waals surface area (Å²) in [4.78, 5) is 0.143. The van der Waals surface area contributed by atoms with Gasteiger partial charge in [0.2, 0.25) is 60.1 Å². The number of hydrogen-bond donors (Lipinski definition) is 6. The van der Waals surface area contributed by atoms with Crippen LogP contribution < -0.4 is 37.8 Å². The maximum Gasteiger partial charge on any atom is 0.419 e. The van der Waals surface area contributed by atoms with Crippen molar-refractivity contribution in [1.82, 2.24) is 28.3 Å². The van der Waals surface area contributed by atoms with Gasteiger partial charge in [0.1, 0.15) is 26.2 Å². The Morgan fingerprint density at radius 1 is 0.314 bits per heavy atom. The van der Waals surface area contributed by atoms with Crippen LogP contribution in [0.25, 0.3) is 0 Å². The van der Waals surface area contributed by atoms with E-state index in [0.717, 1.165) is 39.4 Å². The van der Waals surface area contributed by atoms with E-state index in [9.17, 15) is 63.7 Å². The van der Waals surface area contributed by atoms with Crippen molar-refractivity contribution in [2.75, 3.05) is 14.2 Å². The van der Waals surface area contributed by atoms with Crippen molar-refractivity contribution in [3.05, 3.63) is 161 Å². The molecule has 0 aliphatic rings. The minimum atomic E-state index is -4.87. The second-order valence-corrected chi connectivity index (χ2v) is 47.9. The van der Waals surface area contributed by atoms with Gasteiger partial charge in [-0.25, -0.2) is 78.8 Å². The van der Waals surface area contributed by atoms with Crippen LogP contribution in [0.2, 0.25) is 20.1 Å². The van der Waals surface area contributed by atoms with Crippen molar-refractivity contribution in [3.63, 3.8) is 0 Å². The lowest BCUT2D eigenvalue weighted by Gasteiger charge is -2.25. The lowest BCUT2D eigenvalue weighted by Crippen LogP contribution is -2.42. The van der Waals surface area contributed by atoms with Gasteiger partial charge in [-0.2, -0.15) is 13.2 Å². The van der Waals surface area contributed by atoms with Gasteiger partial charge in [-0.3, -0.25) is 0 Å². The molecule has 0 atom stereocenters. The molecular weight excluding hydrogens is 1720 g/mol. The molecule has 6 aromatic carbocycles. The molecule has 20 nitrogen and oxygen atoms in total. The number of sulfonamides is 6. The quantitative estimate of drug-likeness (QED) is 0.0368. The summed E-state index contributed by atoms with van der Waals surface area (Å²) < 4.78 is 214. The van der Waals surface area contributed by atoms with Crippen molar-refractivity contribution >= 4 is 107 Å². The van der Waals surface area contributed by atoms with Gasteiger partial charge in [0.15, 0.2) is 0 Å². The summed E-state index contributed by atoms with van der Waals surface area (Å²) in [5.74, 6) is 1.97. The Balaban J connectivity index is 0.000000709. The Morgan fingerprint density at radius 2 is 0.568 bits per heavy atom. The number of rotatable bonds is 22. The fourth-order valence-electron chi connectivity index (χ4n) is 11.2. The second-order valence-electron chi connectivity index (χ2n) is 36.5. The molecule has 0 aliphatic carbocycles. The van der Waals surface area contributed by atoms with Gasteiger partial charge < -0.3 is 9.47 Å². The third-order valence-electron chi connectivity index (χ3n) is 17.1. The van der Waals surface area contributed by atoms with E-state index in [0.29, 0.717) is 56.2 Å². The molecule has 0 fully saturated rings. The number of benzene rings is 6. The topological polar surface area (TPSA) is 295 Å². The zero-order valence-corrected chi connectivity index (χ0v) is 83.5. The van der Waals surface area contributed by atoms with Crippen LogP contribution in [-0.2, 0) is 66.3 Å². The maximum absolute atomic E-state index is 13.3. The van der Waals surface area contributed by atoms with Gasteiger partial charge in [0, 0.05) is 38.3 Å². The molecule has 0 saturated heterocycles. The Bertz CT molecular complexity index is 4940. The highest BCUT2D eigenvalue weighted by Gasteiger charge is 2.42. The van der Waals surface area contributed by atoms with Gasteiger partial charge in [-0.15, -0.1) is 0 Å². The minimum absolute atomic E-state index is 0.0125. The van der Waals surface area contributed by atoms with Gasteiger partial charge >= 0.3 is 6.18 Å². The number of nitrogens with one attached hydrogen (secondary N) is 6. The van der Waals surface area contributed by atoms with Gasteiger partial charge in [-0.1, -0.05) is 173 Å². The van der Waals surface area contributed by atoms with Crippen molar-refractivity contribution in [3.8, 4) is 11.5 Å². The third kappa shape index (κ3) is 34.5. The Hall–Kier alpha value is -4.67. The van der Waals surface area contributed by atoms with Crippen LogP contribution in [0, 0.1) is 20.8 Å². The summed E-state index contributed by atoms with van der Waals surface area (Å²) in [5, 5.41) is 0.342. The van der Waals surface area contributed by atoms with Gasteiger partial charge in [-0.05, 0) is 279 Å². The average Bonchev–Trinajstić information content (AvgIpc) is 0.773. The largest absolute Gasteiger partial charge is 0.495 e. The number of methoxy groups -OCH3 is 2. The van der Waals surface area contributed by atoms with Crippen LogP contribution in [0.3, 0.4) is 0 Å². The number of hydrogen-bond acceptors (Lipinski definition) is 14. The molecule has 33 heteroatoms. The summed E-state index contributed by atoms with van der Waals surface area (Å²) in [5.41, 5.74) is 3.04. The number of ether oxygens (including phenoxy) is 2. The molecule has 0 saturated carbocycles. The zero-order valence-electron chi connectivity index (χ0n) is 75.6. The standard InChI is InChI=1S/C15H24ClNO2S.C15H25NO2S.C14H19ClF3NO2S.2C14H23NO3S.C13H19Cl2NO2S/c1-7-15(5,6)17-20(18,19)13-9-8-12(10(2)3)14(16)11(13)4;1-10(2)13-8-9-14(12(4)11(13)3)19(17,18)16-15(5,6)7;1-8(2)9-6-7-10(11(12(9)15)14(16,17)18)22(20,21)19-13(3,4)5;2*1-10(2)11-7-8-13(12(9-11)18-6)19(16,17)15-14(3,4)5;1-8(2)9-6-7-10(12(15)11(9)14)19(17,18)16-13(3,4)5/h8-10,17H,7H2,1-6H3;8-10,16H,1-7H3;6-8,19H,1-5H3;2*7-10,15H,1-6H3;6-8,16H,1-5H3. The predicted molar refractivity (Wildman–Crippen MR) is 481 cm³/mol. The third-order valence-corrected chi connectivity index (χ3v) is 29.9. The van der Waals surface area contributed by atoms with E-state index in [4.69, 9.17) is 55.9 Å². The fraction of sp³-hybridized carbons (Fsp3) is 0.576.